The molecule has 2 amide bonds. The first kappa shape index (κ1) is 26.2. The fourth-order valence-electron chi connectivity index (χ4n) is 4.46. The SMILES string of the molecule is CCCC[C@H](CC(=O)NCCC(OC)C(=O)O)NC(=O)OCC1c2ccccc2-c2ccccc21. The average molecular weight is 483 g/mol. The van der Waals surface area contributed by atoms with Crippen LogP contribution in [-0.4, -0.2) is 55.5 Å². The van der Waals surface area contributed by atoms with Crippen molar-refractivity contribution >= 4 is 18.0 Å². The van der Waals surface area contributed by atoms with Gasteiger partial charge >= 0.3 is 12.1 Å². The van der Waals surface area contributed by atoms with E-state index in [0.717, 1.165) is 35.1 Å². The Hall–Kier alpha value is -3.39. The summed E-state index contributed by atoms with van der Waals surface area (Å²) in [6.07, 6.45) is 1.16. The Morgan fingerprint density at radius 3 is 2.20 bits per heavy atom. The second-order valence-electron chi connectivity index (χ2n) is 8.71. The van der Waals surface area contributed by atoms with Gasteiger partial charge in [-0.15, -0.1) is 0 Å². The number of carboxylic acids is 1. The number of rotatable bonds is 13. The molecular weight excluding hydrogens is 448 g/mol. The van der Waals surface area contributed by atoms with Crippen molar-refractivity contribution in [3.05, 3.63) is 59.7 Å². The summed E-state index contributed by atoms with van der Waals surface area (Å²) in [5.74, 6) is -1.36. The summed E-state index contributed by atoms with van der Waals surface area (Å²) in [5, 5.41) is 14.6. The van der Waals surface area contributed by atoms with Crippen LogP contribution in [0.2, 0.25) is 0 Å². The van der Waals surface area contributed by atoms with Crippen LogP contribution in [0.4, 0.5) is 4.79 Å². The second-order valence-corrected chi connectivity index (χ2v) is 8.71. The lowest BCUT2D eigenvalue weighted by molar-refractivity contribution is -0.149. The molecule has 0 fully saturated rings. The molecule has 3 rings (SSSR count). The third kappa shape index (κ3) is 7.05. The van der Waals surface area contributed by atoms with Crippen molar-refractivity contribution in [2.45, 2.75) is 57.1 Å². The number of alkyl carbamates (subject to hydrolysis) is 1. The molecule has 0 aliphatic heterocycles. The number of hydrogen-bond donors (Lipinski definition) is 3. The van der Waals surface area contributed by atoms with Gasteiger partial charge in [-0.05, 0) is 28.7 Å². The molecule has 188 valence electrons. The van der Waals surface area contributed by atoms with E-state index in [1.54, 1.807) is 0 Å². The highest BCUT2D eigenvalue weighted by molar-refractivity contribution is 5.79. The van der Waals surface area contributed by atoms with Crippen LogP contribution in [0.25, 0.3) is 11.1 Å². The summed E-state index contributed by atoms with van der Waals surface area (Å²) >= 11 is 0. The zero-order chi connectivity index (χ0) is 25.2. The minimum Gasteiger partial charge on any atom is -0.479 e. The van der Waals surface area contributed by atoms with Gasteiger partial charge in [-0.25, -0.2) is 9.59 Å². The maximum Gasteiger partial charge on any atom is 0.407 e. The van der Waals surface area contributed by atoms with E-state index >= 15 is 0 Å². The largest absolute Gasteiger partial charge is 0.479 e. The number of benzene rings is 2. The maximum atomic E-state index is 12.6. The summed E-state index contributed by atoms with van der Waals surface area (Å²) in [6, 6.07) is 15.9. The lowest BCUT2D eigenvalue weighted by atomic mass is 9.98. The van der Waals surface area contributed by atoms with E-state index < -0.39 is 18.2 Å². The molecule has 0 radical (unpaired) electrons. The van der Waals surface area contributed by atoms with E-state index in [0.29, 0.717) is 6.42 Å². The zero-order valence-electron chi connectivity index (χ0n) is 20.3. The number of fused-ring (bicyclic) bond motifs is 3. The monoisotopic (exact) mass is 482 g/mol. The highest BCUT2D eigenvalue weighted by atomic mass is 16.5. The maximum absolute atomic E-state index is 12.6. The lowest BCUT2D eigenvalue weighted by Gasteiger charge is -2.20. The smallest absolute Gasteiger partial charge is 0.407 e. The molecule has 3 N–H and O–H groups in total. The molecule has 1 aliphatic carbocycles. The molecule has 1 aliphatic rings. The van der Waals surface area contributed by atoms with E-state index in [9.17, 15) is 14.4 Å². The van der Waals surface area contributed by atoms with Gasteiger partial charge in [-0.2, -0.15) is 0 Å². The molecule has 0 saturated heterocycles. The van der Waals surface area contributed by atoms with Crippen molar-refractivity contribution in [3.63, 3.8) is 0 Å². The molecule has 2 atom stereocenters. The predicted molar refractivity (Wildman–Crippen MR) is 132 cm³/mol. The van der Waals surface area contributed by atoms with E-state index in [-0.39, 0.29) is 43.9 Å². The Labute approximate surface area is 206 Å². The Balaban J connectivity index is 1.53. The highest BCUT2D eigenvalue weighted by Gasteiger charge is 2.29. The fraction of sp³-hybridized carbons (Fsp3) is 0.444. The van der Waals surface area contributed by atoms with Crippen LogP contribution in [0.1, 0.15) is 56.1 Å². The van der Waals surface area contributed by atoms with Crippen LogP contribution in [0.15, 0.2) is 48.5 Å². The van der Waals surface area contributed by atoms with Crippen LogP contribution in [0, 0.1) is 0 Å². The van der Waals surface area contributed by atoms with Gasteiger partial charge in [0.2, 0.25) is 5.91 Å². The van der Waals surface area contributed by atoms with Crippen molar-refractivity contribution in [2.24, 2.45) is 0 Å². The number of aliphatic carboxylic acids is 1. The van der Waals surface area contributed by atoms with E-state index in [1.165, 1.54) is 7.11 Å². The summed E-state index contributed by atoms with van der Waals surface area (Å²) in [4.78, 5) is 36.1. The topological polar surface area (TPSA) is 114 Å². The van der Waals surface area contributed by atoms with Gasteiger partial charge < -0.3 is 25.2 Å². The molecule has 0 heterocycles. The Morgan fingerprint density at radius 2 is 1.63 bits per heavy atom. The standard InChI is InChI=1S/C27H34N2O6/c1-3-4-9-18(16-25(30)28-15-14-24(34-2)26(31)32)29-27(33)35-17-23-21-12-7-5-10-19(21)20-11-6-8-13-22(20)23/h5-8,10-13,18,23-24H,3-4,9,14-17H2,1-2H3,(H,28,30)(H,29,33)(H,31,32)/t18-,24?/m1/s1. The molecule has 2 aromatic rings. The first-order valence-electron chi connectivity index (χ1n) is 12.1. The number of carbonyl (C=O) groups is 3. The van der Waals surface area contributed by atoms with Gasteiger partial charge in [0.15, 0.2) is 6.10 Å². The molecule has 8 heteroatoms. The zero-order valence-corrected chi connectivity index (χ0v) is 20.3. The van der Waals surface area contributed by atoms with Crippen molar-refractivity contribution in [2.75, 3.05) is 20.3 Å². The number of nitrogens with one attached hydrogen (secondary N) is 2. The quantitative estimate of drug-likeness (QED) is 0.396. The summed E-state index contributed by atoms with van der Waals surface area (Å²) < 4.78 is 10.5. The Bertz CT molecular complexity index is 979. The van der Waals surface area contributed by atoms with Crippen LogP contribution in [0.5, 0.6) is 0 Å². The molecule has 8 nitrogen and oxygen atoms in total. The van der Waals surface area contributed by atoms with Crippen molar-refractivity contribution in [1.82, 2.24) is 10.6 Å². The van der Waals surface area contributed by atoms with Crippen molar-refractivity contribution in [3.8, 4) is 11.1 Å². The van der Waals surface area contributed by atoms with Gasteiger partial charge in [0.1, 0.15) is 6.61 Å². The van der Waals surface area contributed by atoms with Gasteiger partial charge in [0.25, 0.3) is 0 Å². The van der Waals surface area contributed by atoms with Crippen LogP contribution < -0.4 is 10.6 Å². The van der Waals surface area contributed by atoms with E-state index in [2.05, 4.69) is 34.9 Å². The molecule has 0 bridgehead atoms. The molecule has 2 aromatic carbocycles. The van der Waals surface area contributed by atoms with Gasteiger partial charge in [-0.3, -0.25) is 4.79 Å². The number of carbonyl (C=O) groups excluding carboxylic acids is 2. The first-order valence-corrected chi connectivity index (χ1v) is 12.1. The summed E-state index contributed by atoms with van der Waals surface area (Å²) in [5.41, 5.74) is 4.60. The second kappa shape index (κ2) is 12.9. The van der Waals surface area contributed by atoms with Gasteiger partial charge in [0, 0.05) is 38.5 Å². The van der Waals surface area contributed by atoms with Crippen LogP contribution >= 0.6 is 0 Å². The number of carboxylic acid groups (broad SMARTS) is 1. The van der Waals surface area contributed by atoms with Crippen LogP contribution in [-0.2, 0) is 19.1 Å². The molecule has 0 aromatic heterocycles. The number of hydrogen-bond acceptors (Lipinski definition) is 5. The van der Waals surface area contributed by atoms with Crippen molar-refractivity contribution < 1.29 is 29.0 Å². The molecular formula is C27H34N2O6. The molecule has 1 unspecified atom stereocenters. The number of ether oxygens (including phenoxy) is 2. The summed E-state index contributed by atoms with van der Waals surface area (Å²) in [7, 11) is 1.32. The lowest BCUT2D eigenvalue weighted by Crippen LogP contribution is -2.40. The highest BCUT2D eigenvalue weighted by Crippen LogP contribution is 2.44. The number of amides is 2. The number of unbranched alkanes of at least 4 members (excludes halogenated alkanes) is 1. The summed E-state index contributed by atoms with van der Waals surface area (Å²) in [6.45, 7) is 2.43. The third-order valence-electron chi connectivity index (χ3n) is 6.29. The van der Waals surface area contributed by atoms with Crippen LogP contribution in [0.3, 0.4) is 0 Å². The van der Waals surface area contributed by atoms with E-state index in [4.69, 9.17) is 14.6 Å². The van der Waals surface area contributed by atoms with Gasteiger partial charge in [-0.1, -0.05) is 68.3 Å². The first-order chi connectivity index (χ1) is 16.9. The van der Waals surface area contributed by atoms with Crippen molar-refractivity contribution in [1.29, 1.82) is 0 Å². The molecule has 0 spiro atoms. The number of methoxy groups -OCH3 is 1. The van der Waals surface area contributed by atoms with E-state index in [1.807, 2.05) is 31.2 Å². The Morgan fingerprint density at radius 1 is 1.00 bits per heavy atom. The van der Waals surface area contributed by atoms with Gasteiger partial charge in [0.05, 0.1) is 0 Å². The molecule has 0 saturated carbocycles. The normalized spacial score (nSPS) is 13.9. The fourth-order valence-corrected chi connectivity index (χ4v) is 4.46. The minimum atomic E-state index is -1.07. The average Bonchev–Trinajstić information content (AvgIpc) is 3.17. The molecule has 35 heavy (non-hydrogen) atoms. The Kier molecular flexibility index (Phi) is 9.66. The predicted octanol–water partition coefficient (Wildman–Crippen LogP) is 4.08. The minimum absolute atomic E-state index is 0.0338. The third-order valence-corrected chi connectivity index (χ3v) is 6.29.